The molecule has 0 amide bonds. The highest BCUT2D eigenvalue weighted by Gasteiger charge is 2.22. The quantitative estimate of drug-likeness (QED) is 0.432. The van der Waals surface area contributed by atoms with Crippen LogP contribution in [0.5, 0.6) is 0 Å². The molecule has 3 rings (SSSR count). The summed E-state index contributed by atoms with van der Waals surface area (Å²) in [5.41, 5.74) is 1.78. The molecule has 2 aromatic heterocycles. The monoisotopic (exact) mass is 399 g/mol. The van der Waals surface area contributed by atoms with E-state index in [1.807, 2.05) is 39.0 Å². The fraction of sp³-hybridized carbons (Fsp3) is 0.235. The normalized spacial score (nSPS) is 11.5. The molecule has 0 unspecified atom stereocenters. The topological polar surface area (TPSA) is 47.8 Å². The molecule has 2 heterocycles. The van der Waals surface area contributed by atoms with Crippen molar-refractivity contribution in [2.24, 2.45) is 0 Å². The van der Waals surface area contributed by atoms with Crippen LogP contribution in [0.25, 0.3) is 16.7 Å². The zero-order valence-corrected chi connectivity index (χ0v) is 15.8. The number of rotatable bonds is 2. The predicted molar refractivity (Wildman–Crippen MR) is 98.9 cm³/mol. The van der Waals surface area contributed by atoms with Crippen molar-refractivity contribution in [2.75, 3.05) is 0 Å². The number of halogens is 4. The highest BCUT2D eigenvalue weighted by atomic mass is 35.5. The average molecular weight is 401 g/mol. The molecular formula is C17H13Cl3FN3O. The van der Waals surface area contributed by atoms with Crippen LogP contribution in [0.4, 0.5) is 4.39 Å². The maximum Gasteiger partial charge on any atom is 0.355 e. The summed E-state index contributed by atoms with van der Waals surface area (Å²) in [5, 5.41) is -0.930. The van der Waals surface area contributed by atoms with E-state index < -0.39 is 16.7 Å². The first-order chi connectivity index (χ1) is 11.7. The average Bonchev–Trinajstić information content (AvgIpc) is 2.53. The number of fused-ring (bicyclic) bond motifs is 1. The second-order valence-corrected chi connectivity index (χ2v) is 7.01. The summed E-state index contributed by atoms with van der Waals surface area (Å²) in [6, 6.07) is 5.67. The number of hydrogen-bond donors (Lipinski definition) is 0. The van der Waals surface area contributed by atoms with E-state index in [4.69, 9.17) is 34.8 Å². The number of aryl methyl sites for hydroxylation is 1. The van der Waals surface area contributed by atoms with E-state index in [-0.39, 0.29) is 27.1 Å². The summed E-state index contributed by atoms with van der Waals surface area (Å²) in [7, 11) is 0. The van der Waals surface area contributed by atoms with Gasteiger partial charge < -0.3 is 0 Å². The molecule has 0 aliphatic heterocycles. The summed E-state index contributed by atoms with van der Waals surface area (Å²) in [4.78, 5) is 20.4. The Morgan fingerprint density at radius 1 is 1.12 bits per heavy atom. The van der Waals surface area contributed by atoms with Gasteiger partial charge in [-0.25, -0.2) is 18.7 Å². The molecule has 0 saturated heterocycles. The van der Waals surface area contributed by atoms with Gasteiger partial charge in [0.15, 0.2) is 16.6 Å². The third kappa shape index (κ3) is 2.90. The highest BCUT2D eigenvalue weighted by Crippen LogP contribution is 2.34. The summed E-state index contributed by atoms with van der Waals surface area (Å²) >= 11 is 17.9. The Morgan fingerprint density at radius 3 is 2.44 bits per heavy atom. The second-order valence-electron chi connectivity index (χ2n) is 5.92. The molecule has 0 spiro atoms. The third-order valence-corrected chi connectivity index (χ3v) is 4.82. The van der Waals surface area contributed by atoms with Gasteiger partial charge in [0.25, 0.3) is 0 Å². The van der Waals surface area contributed by atoms with Crippen LogP contribution in [0.3, 0.4) is 0 Å². The van der Waals surface area contributed by atoms with E-state index in [0.717, 1.165) is 11.1 Å². The maximum atomic E-state index is 14.1. The van der Waals surface area contributed by atoms with E-state index in [2.05, 4.69) is 9.97 Å². The van der Waals surface area contributed by atoms with Gasteiger partial charge in [0.1, 0.15) is 5.15 Å². The van der Waals surface area contributed by atoms with Gasteiger partial charge >= 0.3 is 5.69 Å². The third-order valence-electron chi connectivity index (χ3n) is 3.94. The molecule has 0 bridgehead atoms. The van der Waals surface area contributed by atoms with Gasteiger partial charge in [-0.1, -0.05) is 66.8 Å². The second kappa shape index (κ2) is 6.56. The van der Waals surface area contributed by atoms with Gasteiger partial charge in [0, 0.05) is 0 Å². The van der Waals surface area contributed by atoms with E-state index in [1.54, 1.807) is 0 Å². The minimum Gasteiger partial charge on any atom is -0.245 e. The van der Waals surface area contributed by atoms with Crippen molar-refractivity contribution in [3.63, 3.8) is 0 Å². The molecule has 0 radical (unpaired) electrons. The lowest BCUT2D eigenvalue weighted by molar-refractivity contribution is 0.624. The number of pyridine rings is 1. The van der Waals surface area contributed by atoms with Gasteiger partial charge in [0.2, 0.25) is 0 Å². The van der Waals surface area contributed by atoms with Crippen LogP contribution in [0.2, 0.25) is 15.3 Å². The Bertz CT molecular complexity index is 1060. The smallest absolute Gasteiger partial charge is 0.245 e. The Morgan fingerprint density at radius 2 is 1.80 bits per heavy atom. The summed E-state index contributed by atoms with van der Waals surface area (Å²) in [6.07, 6.45) is 0. The number of nitrogens with zero attached hydrogens (tertiary/aromatic N) is 3. The van der Waals surface area contributed by atoms with Crippen LogP contribution in [-0.2, 0) is 0 Å². The van der Waals surface area contributed by atoms with Gasteiger partial charge in [-0.05, 0) is 24.0 Å². The largest absolute Gasteiger partial charge is 0.355 e. The van der Waals surface area contributed by atoms with Gasteiger partial charge in [-0.15, -0.1) is 0 Å². The highest BCUT2D eigenvalue weighted by molar-refractivity contribution is 6.42. The summed E-state index contributed by atoms with van der Waals surface area (Å²) in [6.45, 7) is 5.87. The van der Waals surface area contributed by atoms with Crippen molar-refractivity contribution >= 4 is 45.8 Å². The van der Waals surface area contributed by atoms with E-state index in [9.17, 15) is 9.18 Å². The van der Waals surface area contributed by atoms with Crippen molar-refractivity contribution in [3.05, 3.63) is 61.0 Å². The molecule has 0 saturated carbocycles. The van der Waals surface area contributed by atoms with Crippen molar-refractivity contribution < 1.29 is 4.39 Å². The number of aromatic nitrogens is 3. The Hall–Kier alpha value is -1.69. The first-order valence-electron chi connectivity index (χ1n) is 7.46. The van der Waals surface area contributed by atoms with Crippen LogP contribution in [0.15, 0.2) is 23.0 Å². The van der Waals surface area contributed by atoms with Crippen LogP contribution >= 0.6 is 34.8 Å². The molecule has 0 aliphatic rings. The number of para-hydroxylation sites is 1. The number of benzene rings is 1. The van der Waals surface area contributed by atoms with Gasteiger partial charge in [-0.3, -0.25) is 0 Å². The standard InChI is InChI=1S/C17H13Cl3FN3O/c1-7(2)9-6-4-5-8(3)13(9)24-16-10(14(19)23-17(24)25)11(18)12(21)15(20)22-16/h4-7H,1-3H3. The van der Waals surface area contributed by atoms with E-state index in [1.165, 1.54) is 4.57 Å². The summed E-state index contributed by atoms with van der Waals surface area (Å²) in [5.74, 6) is -0.780. The number of hydrogen-bond acceptors (Lipinski definition) is 3. The SMILES string of the molecule is Cc1cccc(C(C)C)c1-n1c(=O)nc(Cl)c2c(Cl)c(F)c(Cl)nc21. The lowest BCUT2D eigenvalue weighted by atomic mass is 9.98. The fourth-order valence-corrected chi connectivity index (χ4v) is 3.56. The lowest BCUT2D eigenvalue weighted by Gasteiger charge is -2.19. The first-order valence-corrected chi connectivity index (χ1v) is 8.60. The fourth-order valence-electron chi connectivity index (χ4n) is 2.78. The molecule has 0 atom stereocenters. The molecule has 25 heavy (non-hydrogen) atoms. The van der Waals surface area contributed by atoms with Crippen LogP contribution in [0.1, 0.15) is 30.9 Å². The molecule has 130 valence electrons. The first kappa shape index (κ1) is 18.1. The van der Waals surface area contributed by atoms with Crippen molar-refractivity contribution in [2.45, 2.75) is 26.7 Å². The molecule has 0 aliphatic carbocycles. The molecule has 8 heteroatoms. The van der Waals surface area contributed by atoms with Gasteiger partial charge in [0.05, 0.1) is 16.1 Å². The van der Waals surface area contributed by atoms with E-state index >= 15 is 0 Å². The van der Waals surface area contributed by atoms with Crippen LogP contribution in [-0.4, -0.2) is 14.5 Å². The molecule has 1 aromatic carbocycles. The Kier molecular flexibility index (Phi) is 4.75. The summed E-state index contributed by atoms with van der Waals surface area (Å²) < 4.78 is 15.3. The zero-order valence-electron chi connectivity index (χ0n) is 13.6. The van der Waals surface area contributed by atoms with E-state index in [0.29, 0.717) is 5.69 Å². The van der Waals surface area contributed by atoms with Crippen molar-refractivity contribution in [3.8, 4) is 5.69 Å². The molecule has 0 fully saturated rings. The van der Waals surface area contributed by atoms with Crippen molar-refractivity contribution in [1.29, 1.82) is 0 Å². The Balaban J connectivity index is 2.58. The van der Waals surface area contributed by atoms with Gasteiger partial charge in [-0.2, -0.15) is 4.98 Å². The molecule has 0 N–H and O–H groups in total. The van der Waals surface area contributed by atoms with Crippen LogP contribution < -0.4 is 5.69 Å². The lowest BCUT2D eigenvalue weighted by Crippen LogP contribution is -2.25. The predicted octanol–water partition coefficient (Wildman–Crippen LogP) is 5.31. The minimum absolute atomic E-state index is 0.0443. The molecule has 3 aromatic rings. The molecular weight excluding hydrogens is 388 g/mol. The van der Waals surface area contributed by atoms with Crippen LogP contribution in [0, 0.1) is 12.7 Å². The maximum absolute atomic E-state index is 14.1. The van der Waals surface area contributed by atoms with Crippen molar-refractivity contribution in [1.82, 2.24) is 14.5 Å². The molecule has 4 nitrogen and oxygen atoms in total. The zero-order chi connectivity index (χ0) is 18.5. The minimum atomic E-state index is -0.904. The Labute approximate surface area is 158 Å².